The highest BCUT2D eigenvalue weighted by atomic mass is 14.4. The maximum atomic E-state index is 2.45. The molecule has 0 rings (SSSR count). The van der Waals surface area contributed by atoms with E-state index in [1.54, 1.807) is 0 Å². The van der Waals surface area contributed by atoms with Crippen molar-refractivity contribution in [1.29, 1.82) is 0 Å². The van der Waals surface area contributed by atoms with E-state index in [1.807, 2.05) is 0 Å². The van der Waals surface area contributed by atoms with Gasteiger partial charge in [-0.05, 0) is 29.1 Å². The van der Waals surface area contributed by atoms with Gasteiger partial charge in [-0.25, -0.2) is 0 Å². The molecule has 0 aromatic heterocycles. The maximum absolute atomic E-state index is 2.45. The minimum atomic E-state index is 0.436. The quantitative estimate of drug-likeness (QED) is 0.543. The van der Waals surface area contributed by atoms with Gasteiger partial charge >= 0.3 is 0 Å². The van der Waals surface area contributed by atoms with Crippen molar-refractivity contribution < 1.29 is 0 Å². The first-order valence-corrected chi connectivity index (χ1v) is 6.69. The molecule has 0 amide bonds. The van der Waals surface area contributed by atoms with Crippen LogP contribution in [0.1, 0.15) is 74.7 Å². The minimum Gasteiger partial charge on any atom is -0.0651 e. The highest BCUT2D eigenvalue weighted by molar-refractivity contribution is 4.89. The lowest BCUT2D eigenvalue weighted by atomic mass is 9.59. The van der Waals surface area contributed by atoms with Crippen molar-refractivity contribution >= 4 is 0 Å². The van der Waals surface area contributed by atoms with Crippen LogP contribution in [-0.2, 0) is 0 Å². The summed E-state index contributed by atoms with van der Waals surface area (Å²) in [5.74, 6) is 1.68. The van der Waals surface area contributed by atoms with Gasteiger partial charge in [0.05, 0.1) is 0 Å². The molecule has 0 aliphatic rings. The van der Waals surface area contributed by atoms with Gasteiger partial charge in [-0.15, -0.1) is 0 Å². The average Bonchev–Trinajstić information content (AvgIpc) is 2.17. The summed E-state index contributed by atoms with van der Waals surface area (Å²) in [6.45, 7) is 19.2. The SMILES string of the molecule is CCC(C)CC(C)C(C)(C)C(C)(C)CC. The maximum Gasteiger partial charge on any atom is -0.0277 e. The lowest BCUT2D eigenvalue weighted by molar-refractivity contribution is 0.0323. The normalized spacial score (nSPS) is 17.6. The van der Waals surface area contributed by atoms with Crippen molar-refractivity contribution in [2.24, 2.45) is 22.7 Å². The molecule has 0 heteroatoms. The molecule has 2 unspecified atom stereocenters. The number of rotatable bonds is 6. The van der Waals surface area contributed by atoms with E-state index in [1.165, 1.54) is 19.3 Å². The molecule has 0 aliphatic carbocycles. The summed E-state index contributed by atoms with van der Waals surface area (Å²) >= 11 is 0. The van der Waals surface area contributed by atoms with Crippen molar-refractivity contribution in [1.82, 2.24) is 0 Å². The molecule has 92 valence electrons. The Bertz CT molecular complexity index is 176. The van der Waals surface area contributed by atoms with E-state index < -0.39 is 0 Å². The highest BCUT2D eigenvalue weighted by Gasteiger charge is 2.39. The van der Waals surface area contributed by atoms with Crippen LogP contribution in [0.25, 0.3) is 0 Å². The molecule has 0 heterocycles. The van der Waals surface area contributed by atoms with Crippen LogP contribution in [0.3, 0.4) is 0 Å². The van der Waals surface area contributed by atoms with Gasteiger partial charge in [0, 0.05) is 0 Å². The van der Waals surface area contributed by atoms with Crippen LogP contribution < -0.4 is 0 Å². The monoisotopic (exact) mass is 212 g/mol. The molecule has 0 bridgehead atoms. The lowest BCUT2D eigenvalue weighted by Crippen LogP contribution is -2.38. The fraction of sp³-hybridized carbons (Fsp3) is 1.00. The van der Waals surface area contributed by atoms with E-state index in [0.29, 0.717) is 10.8 Å². The summed E-state index contributed by atoms with van der Waals surface area (Å²) in [6, 6.07) is 0. The van der Waals surface area contributed by atoms with Gasteiger partial charge in [0.1, 0.15) is 0 Å². The molecule has 0 aromatic rings. The van der Waals surface area contributed by atoms with Crippen molar-refractivity contribution in [2.45, 2.75) is 74.7 Å². The molecule has 0 aliphatic heterocycles. The van der Waals surface area contributed by atoms with E-state index in [0.717, 1.165) is 11.8 Å². The first-order valence-electron chi connectivity index (χ1n) is 6.69. The Labute approximate surface area is 97.8 Å². The third kappa shape index (κ3) is 3.50. The molecule has 0 saturated heterocycles. The molecule has 0 radical (unpaired) electrons. The first-order chi connectivity index (χ1) is 6.69. The summed E-state index contributed by atoms with van der Waals surface area (Å²) in [5, 5.41) is 0. The summed E-state index contributed by atoms with van der Waals surface area (Å²) in [6.07, 6.45) is 3.95. The van der Waals surface area contributed by atoms with Gasteiger partial charge in [-0.2, -0.15) is 0 Å². The molecule has 0 N–H and O–H groups in total. The minimum absolute atomic E-state index is 0.436. The molecule has 0 fully saturated rings. The molecule has 15 heavy (non-hydrogen) atoms. The summed E-state index contributed by atoms with van der Waals surface area (Å²) in [4.78, 5) is 0. The van der Waals surface area contributed by atoms with E-state index in [2.05, 4.69) is 55.4 Å². The Morgan fingerprint density at radius 2 is 1.40 bits per heavy atom. The molecular formula is C15H32. The third-order valence-electron chi connectivity index (χ3n) is 5.31. The smallest absolute Gasteiger partial charge is 0.0277 e. The second kappa shape index (κ2) is 5.37. The molecular weight excluding hydrogens is 180 g/mol. The summed E-state index contributed by atoms with van der Waals surface area (Å²) < 4.78 is 0. The lowest BCUT2D eigenvalue weighted by Gasteiger charge is -2.46. The zero-order valence-corrected chi connectivity index (χ0v) is 12.3. The molecule has 0 aromatic carbocycles. The largest absolute Gasteiger partial charge is 0.0651 e. The third-order valence-corrected chi connectivity index (χ3v) is 5.31. The van der Waals surface area contributed by atoms with Gasteiger partial charge in [0.2, 0.25) is 0 Å². The van der Waals surface area contributed by atoms with Crippen LogP contribution in [0.4, 0.5) is 0 Å². The Morgan fingerprint density at radius 3 is 1.73 bits per heavy atom. The summed E-state index contributed by atoms with van der Waals surface area (Å²) in [5.41, 5.74) is 0.880. The molecule has 0 saturated carbocycles. The van der Waals surface area contributed by atoms with Crippen LogP contribution in [-0.4, -0.2) is 0 Å². The average molecular weight is 212 g/mol. The van der Waals surface area contributed by atoms with Crippen molar-refractivity contribution in [2.75, 3.05) is 0 Å². The van der Waals surface area contributed by atoms with E-state index in [9.17, 15) is 0 Å². The molecule has 2 atom stereocenters. The van der Waals surface area contributed by atoms with Gasteiger partial charge < -0.3 is 0 Å². The van der Waals surface area contributed by atoms with Crippen LogP contribution in [0.2, 0.25) is 0 Å². The standard InChI is InChI=1S/C15H32/c1-9-12(3)11-13(4)15(7,8)14(5,6)10-2/h12-13H,9-11H2,1-8H3. The van der Waals surface area contributed by atoms with Gasteiger partial charge in [0.15, 0.2) is 0 Å². The van der Waals surface area contributed by atoms with Crippen molar-refractivity contribution in [3.05, 3.63) is 0 Å². The van der Waals surface area contributed by atoms with E-state index in [4.69, 9.17) is 0 Å². The molecule has 0 spiro atoms. The van der Waals surface area contributed by atoms with Gasteiger partial charge in [-0.1, -0.05) is 68.2 Å². The zero-order valence-electron chi connectivity index (χ0n) is 12.3. The number of hydrogen-bond donors (Lipinski definition) is 0. The van der Waals surface area contributed by atoms with Gasteiger partial charge in [0.25, 0.3) is 0 Å². The molecule has 0 nitrogen and oxygen atoms in total. The van der Waals surface area contributed by atoms with Gasteiger partial charge in [-0.3, -0.25) is 0 Å². The van der Waals surface area contributed by atoms with E-state index >= 15 is 0 Å². The summed E-state index contributed by atoms with van der Waals surface area (Å²) in [7, 11) is 0. The zero-order chi connectivity index (χ0) is 12.3. The fourth-order valence-electron chi connectivity index (χ4n) is 2.19. The Balaban J connectivity index is 4.58. The van der Waals surface area contributed by atoms with Crippen LogP contribution >= 0.6 is 0 Å². The second-order valence-electron chi connectivity index (χ2n) is 6.61. The Morgan fingerprint density at radius 1 is 0.933 bits per heavy atom. The van der Waals surface area contributed by atoms with Crippen molar-refractivity contribution in [3.8, 4) is 0 Å². The Hall–Kier alpha value is 0. The van der Waals surface area contributed by atoms with Crippen LogP contribution in [0, 0.1) is 22.7 Å². The van der Waals surface area contributed by atoms with E-state index in [-0.39, 0.29) is 0 Å². The van der Waals surface area contributed by atoms with Crippen molar-refractivity contribution in [3.63, 3.8) is 0 Å². The topological polar surface area (TPSA) is 0 Å². The second-order valence-corrected chi connectivity index (χ2v) is 6.61. The van der Waals surface area contributed by atoms with Crippen LogP contribution in [0.5, 0.6) is 0 Å². The fourth-order valence-corrected chi connectivity index (χ4v) is 2.19. The predicted molar refractivity (Wildman–Crippen MR) is 71.1 cm³/mol. The highest BCUT2D eigenvalue weighted by Crippen LogP contribution is 2.48. The first kappa shape index (κ1) is 15.0. The van der Waals surface area contributed by atoms with Crippen LogP contribution in [0.15, 0.2) is 0 Å². The number of hydrogen-bond acceptors (Lipinski definition) is 0. The predicted octanol–water partition coefficient (Wildman–Crippen LogP) is 5.52. The Kier molecular flexibility index (Phi) is 5.37.